The summed E-state index contributed by atoms with van der Waals surface area (Å²) in [5.74, 6) is 0. The molecule has 0 saturated heterocycles. The maximum absolute atomic E-state index is 12.2. The number of rotatable bonds is 4. The van der Waals surface area contributed by atoms with Gasteiger partial charge in [-0.3, -0.25) is 4.98 Å². The lowest BCUT2D eigenvalue weighted by molar-refractivity contribution is 0.251. The second-order valence-corrected chi connectivity index (χ2v) is 6.10. The van der Waals surface area contributed by atoms with Crippen molar-refractivity contribution < 1.29 is 4.79 Å². The van der Waals surface area contributed by atoms with E-state index >= 15 is 0 Å². The van der Waals surface area contributed by atoms with E-state index in [4.69, 9.17) is 0 Å². The fourth-order valence-electron chi connectivity index (χ4n) is 2.44. The predicted molar refractivity (Wildman–Crippen MR) is 96.8 cm³/mol. The Morgan fingerprint density at radius 1 is 1.20 bits per heavy atom. The lowest BCUT2D eigenvalue weighted by Gasteiger charge is -2.08. The second-order valence-electron chi connectivity index (χ2n) is 5.32. The van der Waals surface area contributed by atoms with Crippen LogP contribution in [0.3, 0.4) is 0 Å². The zero-order valence-corrected chi connectivity index (χ0v) is 13.9. The molecule has 0 aliphatic heterocycles. The summed E-state index contributed by atoms with van der Waals surface area (Å²) < 4.78 is 1.68. The number of thiophene rings is 1. The normalized spacial score (nSPS) is 10.7. The van der Waals surface area contributed by atoms with Gasteiger partial charge in [0, 0.05) is 17.0 Å². The number of fused-ring (bicyclic) bond motifs is 1. The Labute approximate surface area is 147 Å². The molecule has 4 rings (SSSR count). The van der Waals surface area contributed by atoms with Crippen molar-refractivity contribution in [1.29, 1.82) is 0 Å². The van der Waals surface area contributed by atoms with Crippen LogP contribution in [0.4, 0.5) is 10.5 Å². The largest absolute Gasteiger partial charge is 0.332 e. The lowest BCUT2D eigenvalue weighted by Crippen LogP contribution is -2.28. The van der Waals surface area contributed by atoms with Crippen molar-refractivity contribution >= 4 is 34.0 Å². The Morgan fingerprint density at radius 3 is 3.04 bits per heavy atom. The molecule has 0 saturated carbocycles. The van der Waals surface area contributed by atoms with E-state index in [0.29, 0.717) is 17.9 Å². The molecule has 2 N–H and O–H groups in total. The molecule has 0 aliphatic rings. The summed E-state index contributed by atoms with van der Waals surface area (Å²) in [5.41, 5.74) is 3.18. The second kappa shape index (κ2) is 6.70. The third-order valence-corrected chi connectivity index (χ3v) is 4.31. The van der Waals surface area contributed by atoms with Crippen LogP contribution in [0.15, 0.2) is 59.6 Å². The predicted octanol–water partition coefficient (Wildman–Crippen LogP) is 3.20. The van der Waals surface area contributed by atoms with Gasteiger partial charge in [-0.1, -0.05) is 11.3 Å². The molecule has 8 heteroatoms. The molecule has 3 heterocycles. The maximum Gasteiger partial charge on any atom is 0.319 e. The summed E-state index contributed by atoms with van der Waals surface area (Å²) in [6, 6.07) is 11.0. The van der Waals surface area contributed by atoms with Gasteiger partial charge in [-0.15, -0.1) is 5.10 Å². The highest BCUT2D eigenvalue weighted by atomic mass is 32.1. The maximum atomic E-state index is 12.2. The number of nitrogens with zero attached hydrogens (tertiary/aromatic N) is 4. The highest BCUT2D eigenvalue weighted by Crippen LogP contribution is 2.21. The third kappa shape index (κ3) is 3.33. The number of pyridine rings is 1. The van der Waals surface area contributed by atoms with Gasteiger partial charge in [0.05, 0.1) is 29.6 Å². The van der Waals surface area contributed by atoms with Crippen molar-refractivity contribution in [3.63, 3.8) is 0 Å². The number of carbonyl (C=O) groups excluding carboxylic acids is 1. The van der Waals surface area contributed by atoms with Gasteiger partial charge in [-0.05, 0) is 35.7 Å². The van der Waals surface area contributed by atoms with Crippen LogP contribution in [0, 0.1) is 0 Å². The first-order valence-electron chi connectivity index (χ1n) is 7.62. The van der Waals surface area contributed by atoms with Crippen molar-refractivity contribution in [3.8, 4) is 5.69 Å². The number of hydrogen-bond acceptors (Lipinski definition) is 5. The zero-order chi connectivity index (χ0) is 17.1. The molecule has 7 nitrogen and oxygen atoms in total. The molecule has 25 heavy (non-hydrogen) atoms. The first-order valence-corrected chi connectivity index (χ1v) is 8.56. The van der Waals surface area contributed by atoms with E-state index in [1.54, 1.807) is 28.4 Å². The molecule has 1 aromatic carbocycles. The molecular weight excluding hydrogens is 336 g/mol. The van der Waals surface area contributed by atoms with Gasteiger partial charge in [0.15, 0.2) is 0 Å². The standard InChI is InChI=1S/C17H14N6OS/c24-17(20-16-5-1-4-15-14(16)3-2-7-18-15)19-9-12-10-23(22-21-12)13-6-8-25-11-13/h1-8,10-11H,9H2,(H2,19,20,24). The lowest BCUT2D eigenvalue weighted by atomic mass is 10.2. The molecule has 0 unspecified atom stereocenters. The first-order chi connectivity index (χ1) is 12.3. The van der Waals surface area contributed by atoms with Gasteiger partial charge >= 0.3 is 6.03 Å². The van der Waals surface area contributed by atoms with E-state index in [-0.39, 0.29) is 6.03 Å². The van der Waals surface area contributed by atoms with Crippen LogP contribution in [0.2, 0.25) is 0 Å². The van der Waals surface area contributed by atoms with Crippen LogP contribution < -0.4 is 10.6 Å². The number of urea groups is 1. The number of benzene rings is 1. The average molecular weight is 350 g/mol. The SMILES string of the molecule is O=C(NCc1cn(-c2ccsc2)nn1)Nc1cccc2ncccc12. The minimum Gasteiger partial charge on any atom is -0.332 e. The number of carbonyl (C=O) groups is 1. The van der Waals surface area contributed by atoms with E-state index in [2.05, 4.69) is 25.9 Å². The van der Waals surface area contributed by atoms with Crippen molar-refractivity contribution in [2.45, 2.75) is 6.54 Å². The topological polar surface area (TPSA) is 84.7 Å². The molecule has 0 bridgehead atoms. The molecule has 0 spiro atoms. The fourth-order valence-corrected chi connectivity index (χ4v) is 3.07. The van der Waals surface area contributed by atoms with Crippen molar-refractivity contribution in [2.75, 3.05) is 5.32 Å². The number of nitrogens with one attached hydrogen (secondary N) is 2. The third-order valence-electron chi connectivity index (χ3n) is 3.64. The Morgan fingerprint density at radius 2 is 2.16 bits per heavy atom. The van der Waals surface area contributed by atoms with Crippen LogP contribution in [0.5, 0.6) is 0 Å². The fraction of sp³-hybridized carbons (Fsp3) is 0.0588. The average Bonchev–Trinajstić information content (AvgIpc) is 3.32. The monoisotopic (exact) mass is 350 g/mol. The molecular formula is C17H14N6OS. The Bertz CT molecular complexity index is 1010. The molecule has 0 aliphatic carbocycles. The Balaban J connectivity index is 1.41. The van der Waals surface area contributed by atoms with Gasteiger partial charge in [-0.2, -0.15) is 11.3 Å². The quantitative estimate of drug-likeness (QED) is 0.592. The van der Waals surface area contributed by atoms with Gasteiger partial charge in [-0.25, -0.2) is 9.48 Å². The van der Waals surface area contributed by atoms with Crippen LogP contribution in [0.25, 0.3) is 16.6 Å². The molecule has 2 amide bonds. The Hall–Kier alpha value is -3.26. The van der Waals surface area contributed by atoms with Crippen LogP contribution >= 0.6 is 11.3 Å². The van der Waals surface area contributed by atoms with E-state index in [9.17, 15) is 4.79 Å². The summed E-state index contributed by atoms with van der Waals surface area (Å²) >= 11 is 1.59. The number of hydrogen-bond donors (Lipinski definition) is 2. The van der Waals surface area contributed by atoms with Crippen molar-refractivity contribution in [3.05, 3.63) is 65.2 Å². The van der Waals surface area contributed by atoms with E-state index < -0.39 is 0 Å². The minimum absolute atomic E-state index is 0.291. The molecule has 0 atom stereocenters. The Kier molecular flexibility index (Phi) is 4.09. The number of aromatic nitrogens is 4. The zero-order valence-electron chi connectivity index (χ0n) is 13.1. The molecule has 124 valence electrons. The molecule has 0 fully saturated rings. The van der Waals surface area contributed by atoms with Crippen LogP contribution in [-0.2, 0) is 6.54 Å². The van der Waals surface area contributed by atoms with E-state index in [1.165, 1.54) is 0 Å². The van der Waals surface area contributed by atoms with Gasteiger partial charge in [0.25, 0.3) is 0 Å². The summed E-state index contributed by atoms with van der Waals surface area (Å²) in [6.07, 6.45) is 3.52. The van der Waals surface area contributed by atoms with Crippen molar-refractivity contribution in [2.24, 2.45) is 0 Å². The highest BCUT2D eigenvalue weighted by molar-refractivity contribution is 7.08. The highest BCUT2D eigenvalue weighted by Gasteiger charge is 2.08. The first kappa shape index (κ1) is 15.3. The number of anilines is 1. The summed E-state index contributed by atoms with van der Waals surface area (Å²) in [7, 11) is 0. The van der Waals surface area contributed by atoms with Crippen LogP contribution in [0.1, 0.15) is 5.69 Å². The van der Waals surface area contributed by atoms with Gasteiger partial charge < -0.3 is 10.6 Å². The van der Waals surface area contributed by atoms with Gasteiger partial charge in [0.1, 0.15) is 5.69 Å². The van der Waals surface area contributed by atoms with Gasteiger partial charge in [0.2, 0.25) is 0 Å². The minimum atomic E-state index is -0.304. The summed E-state index contributed by atoms with van der Waals surface area (Å²) in [5, 5.41) is 18.6. The molecule has 4 aromatic rings. The van der Waals surface area contributed by atoms with E-state index in [0.717, 1.165) is 16.6 Å². The molecule has 0 radical (unpaired) electrons. The summed E-state index contributed by atoms with van der Waals surface area (Å²) in [4.78, 5) is 16.4. The summed E-state index contributed by atoms with van der Waals surface area (Å²) in [6.45, 7) is 0.291. The van der Waals surface area contributed by atoms with Crippen LogP contribution in [-0.4, -0.2) is 26.0 Å². The molecule has 3 aromatic heterocycles. The smallest absolute Gasteiger partial charge is 0.319 e. The van der Waals surface area contributed by atoms with Crippen molar-refractivity contribution in [1.82, 2.24) is 25.3 Å². The number of amides is 2. The van der Waals surface area contributed by atoms with E-state index in [1.807, 2.05) is 47.2 Å².